The Labute approximate surface area is 133 Å². The monoisotopic (exact) mass is 324 g/mol. The van der Waals surface area contributed by atoms with Crippen molar-refractivity contribution in [2.24, 2.45) is 0 Å². The Kier molecular flexibility index (Phi) is 5.98. The number of alkyl halides is 2. The third-order valence-electron chi connectivity index (χ3n) is 3.60. The first-order chi connectivity index (χ1) is 11.0. The topological polar surface area (TPSA) is 34.2 Å². The minimum Gasteiger partial charge on any atom is -0.434 e. The summed E-state index contributed by atoms with van der Waals surface area (Å²) in [6.45, 7) is 0.932. The van der Waals surface area contributed by atoms with Gasteiger partial charge in [-0.1, -0.05) is 25.1 Å². The van der Waals surface area contributed by atoms with Crippen molar-refractivity contribution in [2.75, 3.05) is 0 Å². The molecule has 0 spiro atoms. The lowest BCUT2D eigenvalue weighted by atomic mass is 10.0. The summed E-state index contributed by atoms with van der Waals surface area (Å²) >= 11 is 0. The minimum atomic E-state index is -2.88. The van der Waals surface area contributed by atoms with Gasteiger partial charge in [-0.15, -0.1) is 0 Å². The van der Waals surface area contributed by atoms with Crippen LogP contribution >= 0.6 is 0 Å². The molecule has 0 radical (unpaired) electrons. The zero-order valence-electron chi connectivity index (χ0n) is 13.0. The average molecular weight is 324 g/mol. The highest BCUT2D eigenvalue weighted by Crippen LogP contribution is 2.30. The summed E-state index contributed by atoms with van der Waals surface area (Å²) in [4.78, 5) is 3.83. The molecule has 124 valence electrons. The van der Waals surface area contributed by atoms with E-state index in [1.165, 1.54) is 12.1 Å². The number of ether oxygens (including phenoxy) is 1. The summed E-state index contributed by atoms with van der Waals surface area (Å²) in [7, 11) is 0. The van der Waals surface area contributed by atoms with Gasteiger partial charge < -0.3 is 10.1 Å². The first-order valence-corrected chi connectivity index (χ1v) is 7.41. The van der Waals surface area contributed by atoms with E-state index in [4.69, 9.17) is 0 Å². The smallest absolute Gasteiger partial charge is 0.387 e. The number of aromatic nitrogens is 1. The van der Waals surface area contributed by atoms with Crippen LogP contribution in [0.3, 0.4) is 0 Å². The number of hydrogen-bond acceptors (Lipinski definition) is 3. The molecule has 0 amide bonds. The zero-order chi connectivity index (χ0) is 16.8. The molecule has 0 aliphatic rings. The van der Waals surface area contributed by atoms with E-state index in [-0.39, 0.29) is 17.8 Å². The van der Waals surface area contributed by atoms with Crippen molar-refractivity contribution in [3.05, 3.63) is 59.7 Å². The summed E-state index contributed by atoms with van der Waals surface area (Å²) in [5.41, 5.74) is 1.34. The van der Waals surface area contributed by atoms with E-state index in [2.05, 4.69) is 15.0 Å². The van der Waals surface area contributed by atoms with Crippen molar-refractivity contribution in [1.29, 1.82) is 0 Å². The van der Waals surface area contributed by atoms with Gasteiger partial charge in [-0.25, -0.2) is 4.39 Å². The summed E-state index contributed by atoms with van der Waals surface area (Å²) in [5.74, 6) is -0.267. The van der Waals surface area contributed by atoms with Gasteiger partial charge in [0.05, 0.1) is 6.20 Å². The lowest BCUT2D eigenvalue weighted by Gasteiger charge is -2.24. The molecule has 2 atom stereocenters. The van der Waals surface area contributed by atoms with Crippen LogP contribution in [0.5, 0.6) is 5.75 Å². The van der Waals surface area contributed by atoms with Gasteiger partial charge in [0.2, 0.25) is 0 Å². The van der Waals surface area contributed by atoms with Gasteiger partial charge in [-0.2, -0.15) is 8.78 Å². The Bertz CT molecular complexity index is 637. The molecule has 0 saturated carbocycles. The van der Waals surface area contributed by atoms with Gasteiger partial charge >= 0.3 is 6.61 Å². The first-order valence-electron chi connectivity index (χ1n) is 7.41. The second-order valence-electron chi connectivity index (χ2n) is 5.20. The molecule has 0 fully saturated rings. The van der Waals surface area contributed by atoms with Gasteiger partial charge in [0, 0.05) is 23.8 Å². The molecule has 6 heteroatoms. The van der Waals surface area contributed by atoms with Crippen LogP contribution in [0.4, 0.5) is 13.2 Å². The lowest BCUT2D eigenvalue weighted by Crippen LogP contribution is -2.25. The summed E-state index contributed by atoms with van der Waals surface area (Å²) in [5, 5.41) is 3.31. The predicted molar refractivity (Wildman–Crippen MR) is 81.9 cm³/mol. The predicted octanol–water partition coefficient (Wildman–Crippen LogP) is 4.62. The molecular weight excluding hydrogens is 305 g/mol. The Morgan fingerprint density at radius 1 is 1.22 bits per heavy atom. The highest BCUT2D eigenvalue weighted by Gasteiger charge is 2.19. The van der Waals surface area contributed by atoms with Crippen molar-refractivity contribution in [3.8, 4) is 5.75 Å². The Balaban J connectivity index is 2.20. The molecule has 0 bridgehead atoms. The van der Waals surface area contributed by atoms with Gasteiger partial charge in [-0.3, -0.25) is 4.98 Å². The molecule has 0 unspecified atom stereocenters. The Morgan fingerprint density at radius 2 is 1.96 bits per heavy atom. The number of nitrogens with one attached hydrogen (secondary N) is 1. The van der Waals surface area contributed by atoms with Crippen LogP contribution < -0.4 is 10.1 Å². The van der Waals surface area contributed by atoms with E-state index in [1.54, 1.807) is 24.4 Å². The number of para-hydroxylation sites is 1. The molecule has 2 rings (SSSR count). The quantitative estimate of drug-likeness (QED) is 0.806. The second kappa shape index (κ2) is 7.97. The van der Waals surface area contributed by atoms with Gasteiger partial charge in [0.1, 0.15) is 11.6 Å². The van der Waals surface area contributed by atoms with Crippen LogP contribution in [0, 0.1) is 5.82 Å². The minimum absolute atomic E-state index is 0.145. The second-order valence-corrected chi connectivity index (χ2v) is 5.20. The summed E-state index contributed by atoms with van der Waals surface area (Å²) in [6, 6.07) is 7.68. The third kappa shape index (κ3) is 4.69. The fourth-order valence-electron chi connectivity index (χ4n) is 2.46. The zero-order valence-corrected chi connectivity index (χ0v) is 13.0. The summed E-state index contributed by atoms with van der Waals surface area (Å²) < 4.78 is 43.0. The van der Waals surface area contributed by atoms with Gasteiger partial charge in [-0.05, 0) is 31.0 Å². The molecule has 1 aromatic heterocycles. The van der Waals surface area contributed by atoms with Crippen LogP contribution in [0.2, 0.25) is 0 Å². The van der Waals surface area contributed by atoms with Crippen molar-refractivity contribution < 1.29 is 17.9 Å². The van der Waals surface area contributed by atoms with Gasteiger partial charge in [0.25, 0.3) is 0 Å². The maximum Gasteiger partial charge on any atom is 0.387 e. The molecule has 1 heterocycles. The Morgan fingerprint density at radius 3 is 2.61 bits per heavy atom. The van der Waals surface area contributed by atoms with Crippen LogP contribution in [-0.2, 0) is 0 Å². The fraction of sp³-hybridized carbons (Fsp3) is 0.353. The molecule has 0 aliphatic carbocycles. The molecular formula is C17H19F3N2O. The third-order valence-corrected chi connectivity index (χ3v) is 3.60. The van der Waals surface area contributed by atoms with E-state index in [9.17, 15) is 13.2 Å². The average Bonchev–Trinajstić information content (AvgIpc) is 2.52. The molecule has 23 heavy (non-hydrogen) atoms. The fourth-order valence-corrected chi connectivity index (χ4v) is 2.46. The van der Waals surface area contributed by atoms with Crippen molar-refractivity contribution in [2.45, 2.75) is 39.0 Å². The number of halogens is 3. The lowest BCUT2D eigenvalue weighted by molar-refractivity contribution is -0.0507. The molecule has 0 saturated heterocycles. The summed E-state index contributed by atoms with van der Waals surface area (Å²) in [6.07, 6.45) is 3.38. The van der Waals surface area contributed by atoms with Crippen molar-refractivity contribution in [1.82, 2.24) is 10.3 Å². The molecule has 2 aromatic rings. The maximum atomic E-state index is 13.3. The van der Waals surface area contributed by atoms with Crippen LogP contribution in [0.1, 0.15) is 43.5 Å². The first kappa shape index (κ1) is 17.3. The SMILES string of the molecule is CC[C@H](N[C@@H](C)c1cncc(F)c1)c1ccccc1OC(F)F. The maximum absolute atomic E-state index is 13.3. The largest absolute Gasteiger partial charge is 0.434 e. The van der Waals surface area contributed by atoms with E-state index in [0.717, 1.165) is 6.20 Å². The number of pyridine rings is 1. The highest BCUT2D eigenvalue weighted by atomic mass is 19.3. The standard InChI is InChI=1S/C17H19F3N2O/c1-3-15(14-6-4-5-7-16(14)23-17(19)20)22-11(2)12-8-13(18)10-21-9-12/h4-11,15,17,22H,3H2,1-2H3/t11-,15-/m0/s1. The van der Waals surface area contributed by atoms with Gasteiger partial charge in [0.15, 0.2) is 0 Å². The van der Waals surface area contributed by atoms with E-state index >= 15 is 0 Å². The molecule has 1 N–H and O–H groups in total. The van der Waals surface area contributed by atoms with Crippen molar-refractivity contribution >= 4 is 0 Å². The number of rotatable bonds is 7. The van der Waals surface area contributed by atoms with Crippen LogP contribution in [0.25, 0.3) is 0 Å². The number of benzene rings is 1. The van der Waals surface area contributed by atoms with Crippen molar-refractivity contribution in [3.63, 3.8) is 0 Å². The highest BCUT2D eigenvalue weighted by molar-refractivity contribution is 5.36. The number of nitrogens with zero attached hydrogens (tertiary/aromatic N) is 1. The van der Waals surface area contributed by atoms with E-state index < -0.39 is 12.4 Å². The molecule has 0 aliphatic heterocycles. The number of hydrogen-bond donors (Lipinski definition) is 1. The normalized spacial score (nSPS) is 13.8. The van der Waals surface area contributed by atoms with E-state index in [0.29, 0.717) is 17.5 Å². The molecule has 3 nitrogen and oxygen atoms in total. The Hall–Kier alpha value is -2.08. The molecule has 1 aromatic carbocycles. The van der Waals surface area contributed by atoms with Crippen LogP contribution in [0.15, 0.2) is 42.7 Å². The van der Waals surface area contributed by atoms with Crippen LogP contribution in [-0.4, -0.2) is 11.6 Å². The van der Waals surface area contributed by atoms with E-state index in [1.807, 2.05) is 13.8 Å².